The molecule has 106 valence electrons. The highest BCUT2D eigenvalue weighted by molar-refractivity contribution is 9.10. The minimum absolute atomic E-state index is 0.261. The lowest BCUT2D eigenvalue weighted by Gasteiger charge is -2.13. The van der Waals surface area contributed by atoms with E-state index in [2.05, 4.69) is 20.9 Å². The van der Waals surface area contributed by atoms with Crippen LogP contribution in [0.2, 0.25) is 0 Å². The Morgan fingerprint density at radius 2 is 1.86 bits per heavy atom. The maximum atomic E-state index is 11.2. The van der Waals surface area contributed by atoms with Gasteiger partial charge in [-0.1, -0.05) is 15.9 Å². The zero-order chi connectivity index (χ0) is 15.1. The molecule has 0 radical (unpaired) electrons. The van der Waals surface area contributed by atoms with Crippen molar-refractivity contribution in [2.75, 3.05) is 0 Å². The summed E-state index contributed by atoms with van der Waals surface area (Å²) in [5.41, 5.74) is 5.06. The number of aryl methyl sites for hydroxylation is 2. The molecule has 0 fully saturated rings. The average Bonchev–Trinajstić information content (AvgIpc) is 2.80. The molecule has 0 saturated heterocycles. The molecule has 0 unspecified atom stereocenters. The Labute approximate surface area is 130 Å². The van der Waals surface area contributed by atoms with Gasteiger partial charge in [-0.15, -0.1) is 0 Å². The number of aromatic carboxylic acids is 1. The summed E-state index contributed by atoms with van der Waals surface area (Å²) < 4.78 is 2.97. The summed E-state index contributed by atoms with van der Waals surface area (Å²) in [6.45, 7) is 4.06. The van der Waals surface area contributed by atoms with Crippen molar-refractivity contribution in [3.63, 3.8) is 0 Å². The monoisotopic (exact) mass is 344 g/mol. The molecular weight excluding hydrogens is 332 g/mol. The van der Waals surface area contributed by atoms with Crippen molar-refractivity contribution in [1.82, 2.24) is 9.55 Å². The molecule has 21 heavy (non-hydrogen) atoms. The maximum absolute atomic E-state index is 11.2. The molecule has 1 aromatic heterocycles. The molecule has 0 saturated carbocycles. The number of hydrogen-bond donors (Lipinski definition) is 1. The van der Waals surface area contributed by atoms with Crippen molar-refractivity contribution >= 4 is 32.9 Å². The maximum Gasteiger partial charge on any atom is 0.335 e. The minimum Gasteiger partial charge on any atom is -0.478 e. The van der Waals surface area contributed by atoms with Crippen molar-refractivity contribution in [1.29, 1.82) is 0 Å². The molecule has 0 amide bonds. The molecule has 2 aromatic carbocycles. The number of rotatable bonds is 2. The highest BCUT2D eigenvalue weighted by atomic mass is 79.9. The Balaban J connectivity index is 2.30. The van der Waals surface area contributed by atoms with Crippen LogP contribution in [0.25, 0.3) is 16.7 Å². The SMILES string of the molecule is Cc1cc(Br)cc(C)c1-n1cnc2ccc(C(=O)O)cc21. The third kappa shape index (κ3) is 2.34. The second kappa shape index (κ2) is 5.00. The number of halogens is 1. The third-order valence-electron chi connectivity index (χ3n) is 3.49. The summed E-state index contributed by atoms with van der Waals surface area (Å²) in [4.78, 5) is 15.5. The van der Waals surface area contributed by atoms with Gasteiger partial charge in [0, 0.05) is 4.47 Å². The van der Waals surface area contributed by atoms with Gasteiger partial charge in [0.1, 0.15) is 6.33 Å². The molecule has 0 aliphatic carbocycles. The van der Waals surface area contributed by atoms with Crippen molar-refractivity contribution in [3.8, 4) is 5.69 Å². The van der Waals surface area contributed by atoms with Crippen LogP contribution >= 0.6 is 15.9 Å². The zero-order valence-electron chi connectivity index (χ0n) is 11.6. The molecule has 0 aliphatic rings. The molecule has 5 heteroatoms. The Morgan fingerprint density at radius 3 is 2.48 bits per heavy atom. The number of carbonyl (C=O) groups is 1. The number of carboxylic acids is 1. The van der Waals surface area contributed by atoms with Gasteiger partial charge in [0.25, 0.3) is 0 Å². The van der Waals surface area contributed by atoms with Gasteiger partial charge in [-0.05, 0) is 55.3 Å². The van der Waals surface area contributed by atoms with E-state index in [0.717, 1.165) is 32.3 Å². The second-order valence-corrected chi connectivity index (χ2v) is 5.93. The lowest BCUT2D eigenvalue weighted by Crippen LogP contribution is -2.01. The van der Waals surface area contributed by atoms with Crippen LogP contribution in [0.5, 0.6) is 0 Å². The largest absolute Gasteiger partial charge is 0.478 e. The van der Waals surface area contributed by atoms with Crippen molar-refractivity contribution in [2.24, 2.45) is 0 Å². The van der Waals surface area contributed by atoms with E-state index in [1.54, 1.807) is 24.5 Å². The predicted molar refractivity (Wildman–Crippen MR) is 85.2 cm³/mol. The molecule has 1 N–H and O–H groups in total. The minimum atomic E-state index is -0.936. The molecule has 0 bridgehead atoms. The van der Waals surface area contributed by atoms with Gasteiger partial charge in [-0.3, -0.25) is 4.57 Å². The van der Waals surface area contributed by atoms with Crippen LogP contribution < -0.4 is 0 Å². The fourth-order valence-electron chi connectivity index (χ4n) is 2.60. The Bertz CT molecular complexity index is 845. The Hall–Kier alpha value is -2.14. The van der Waals surface area contributed by atoms with Gasteiger partial charge in [0.05, 0.1) is 22.3 Å². The normalized spacial score (nSPS) is 11.0. The van der Waals surface area contributed by atoms with Crippen molar-refractivity contribution < 1.29 is 9.90 Å². The van der Waals surface area contributed by atoms with E-state index in [4.69, 9.17) is 5.11 Å². The molecule has 0 aliphatic heterocycles. The number of hydrogen-bond acceptors (Lipinski definition) is 2. The second-order valence-electron chi connectivity index (χ2n) is 5.01. The van der Waals surface area contributed by atoms with E-state index in [-0.39, 0.29) is 5.56 Å². The lowest BCUT2D eigenvalue weighted by atomic mass is 10.1. The summed E-state index contributed by atoms with van der Waals surface area (Å²) in [6, 6.07) is 9.04. The number of nitrogens with zero attached hydrogens (tertiary/aromatic N) is 2. The molecule has 0 atom stereocenters. The van der Waals surface area contributed by atoms with Crippen LogP contribution in [0.3, 0.4) is 0 Å². The average molecular weight is 345 g/mol. The third-order valence-corrected chi connectivity index (χ3v) is 3.95. The summed E-state index contributed by atoms with van der Waals surface area (Å²) >= 11 is 3.49. The number of carboxylic acid groups (broad SMARTS) is 1. The molecule has 0 spiro atoms. The number of aromatic nitrogens is 2. The molecule has 3 rings (SSSR count). The first-order chi connectivity index (χ1) is 9.97. The summed E-state index contributed by atoms with van der Waals surface area (Å²) in [5.74, 6) is -0.936. The van der Waals surface area contributed by atoms with E-state index >= 15 is 0 Å². The van der Waals surface area contributed by atoms with E-state index in [9.17, 15) is 4.79 Å². The van der Waals surface area contributed by atoms with Gasteiger partial charge in [-0.2, -0.15) is 0 Å². The van der Waals surface area contributed by atoms with Crippen LogP contribution in [0.1, 0.15) is 21.5 Å². The van der Waals surface area contributed by atoms with E-state index in [1.165, 1.54) is 0 Å². The van der Waals surface area contributed by atoms with Gasteiger partial charge in [0.15, 0.2) is 0 Å². The summed E-state index contributed by atoms with van der Waals surface area (Å²) in [5, 5.41) is 9.15. The highest BCUT2D eigenvalue weighted by Gasteiger charge is 2.12. The highest BCUT2D eigenvalue weighted by Crippen LogP contribution is 2.27. The smallest absolute Gasteiger partial charge is 0.335 e. The molecule has 3 aromatic rings. The van der Waals surface area contributed by atoms with E-state index < -0.39 is 5.97 Å². The lowest BCUT2D eigenvalue weighted by molar-refractivity contribution is 0.0697. The van der Waals surface area contributed by atoms with Crippen LogP contribution in [-0.4, -0.2) is 20.6 Å². The quantitative estimate of drug-likeness (QED) is 0.761. The molecular formula is C16H13BrN2O2. The van der Waals surface area contributed by atoms with Crippen molar-refractivity contribution in [3.05, 3.63) is 57.8 Å². The summed E-state index contributed by atoms with van der Waals surface area (Å²) in [7, 11) is 0. The summed E-state index contributed by atoms with van der Waals surface area (Å²) in [6.07, 6.45) is 1.74. The first-order valence-corrected chi connectivity index (χ1v) is 7.24. The Morgan fingerprint density at radius 1 is 1.19 bits per heavy atom. The van der Waals surface area contributed by atoms with Crippen molar-refractivity contribution in [2.45, 2.75) is 13.8 Å². The number of imidazole rings is 1. The van der Waals surface area contributed by atoms with Crippen LogP contribution in [-0.2, 0) is 0 Å². The standard InChI is InChI=1S/C16H13BrN2O2/c1-9-5-12(17)6-10(2)15(9)19-8-18-13-4-3-11(16(20)21)7-14(13)19/h3-8H,1-2H3,(H,20,21). The zero-order valence-corrected chi connectivity index (χ0v) is 13.2. The van der Waals surface area contributed by atoms with Crippen LogP contribution in [0, 0.1) is 13.8 Å². The fraction of sp³-hybridized carbons (Fsp3) is 0.125. The first-order valence-electron chi connectivity index (χ1n) is 6.45. The van der Waals surface area contributed by atoms with Gasteiger partial charge in [0.2, 0.25) is 0 Å². The molecule has 1 heterocycles. The van der Waals surface area contributed by atoms with Gasteiger partial charge in [-0.25, -0.2) is 9.78 Å². The van der Waals surface area contributed by atoms with E-state index in [1.807, 2.05) is 30.5 Å². The first kappa shape index (κ1) is 13.8. The van der Waals surface area contributed by atoms with Crippen LogP contribution in [0.15, 0.2) is 41.1 Å². The topological polar surface area (TPSA) is 55.1 Å². The van der Waals surface area contributed by atoms with Crippen LogP contribution in [0.4, 0.5) is 0 Å². The Kier molecular flexibility index (Phi) is 3.29. The van der Waals surface area contributed by atoms with E-state index in [0.29, 0.717) is 0 Å². The fourth-order valence-corrected chi connectivity index (χ4v) is 3.29. The van der Waals surface area contributed by atoms with Gasteiger partial charge >= 0.3 is 5.97 Å². The molecule has 4 nitrogen and oxygen atoms in total. The number of fused-ring (bicyclic) bond motifs is 1. The number of benzene rings is 2. The predicted octanol–water partition coefficient (Wildman–Crippen LogP) is 4.10. The van der Waals surface area contributed by atoms with Gasteiger partial charge < -0.3 is 5.11 Å².